The molecule has 12 aromatic rings. The van der Waals surface area contributed by atoms with Gasteiger partial charge in [0.25, 0.3) is 0 Å². The zero-order valence-corrected chi connectivity index (χ0v) is 67.2. The molecule has 15 rings (SSSR count). The molecule has 0 saturated heterocycles. The van der Waals surface area contributed by atoms with Gasteiger partial charge in [-0.25, -0.2) is 9.59 Å². The van der Waals surface area contributed by atoms with Crippen molar-refractivity contribution < 1.29 is 52.0 Å². The van der Waals surface area contributed by atoms with Crippen molar-refractivity contribution in [1.29, 1.82) is 0 Å². The Morgan fingerprint density at radius 2 is 0.784 bits per heavy atom. The van der Waals surface area contributed by atoms with Crippen molar-refractivity contribution in [3.63, 3.8) is 0 Å². The van der Waals surface area contributed by atoms with E-state index in [0.717, 1.165) is 82.5 Å². The average molecular weight is 1720 g/mol. The van der Waals surface area contributed by atoms with E-state index < -0.39 is 5.97 Å². The number of nitrogens with zero attached hydrogens (tertiary/aromatic N) is 3. The van der Waals surface area contributed by atoms with Crippen LogP contribution in [0.4, 0.5) is 0 Å². The van der Waals surface area contributed by atoms with Crippen molar-refractivity contribution in [1.82, 2.24) is 15.5 Å². The molecule has 9 aromatic carbocycles. The summed E-state index contributed by atoms with van der Waals surface area (Å²) in [5.41, 5.74) is 10.8. The lowest BCUT2D eigenvalue weighted by Gasteiger charge is -2.10. The van der Waals surface area contributed by atoms with Gasteiger partial charge in [-0.3, -0.25) is 4.79 Å². The highest BCUT2D eigenvalue weighted by atomic mass is 79.9. The number of terminal acetylenes is 1. The van der Waals surface area contributed by atoms with Crippen molar-refractivity contribution in [2.24, 2.45) is 0 Å². The van der Waals surface area contributed by atoms with E-state index in [9.17, 15) is 14.4 Å². The molecule has 0 spiro atoms. The number of Topliss-reactive ketones (excluding diaryl/α,β-unsaturated/α-hetero) is 1. The number of ketones is 1. The fourth-order valence-electron chi connectivity index (χ4n) is 11.4. The zero-order valence-electron chi connectivity index (χ0n) is 58.9. The van der Waals surface area contributed by atoms with Crippen LogP contribution in [0.5, 0.6) is 17.2 Å². The Kier molecular flexibility index (Phi) is 27.4. The molecule has 0 aliphatic heterocycles. The first-order valence-electron chi connectivity index (χ1n) is 34.5. The molecular weight excluding hydrogens is 1660 g/mol. The third-order valence-corrected chi connectivity index (χ3v) is 20.9. The fourth-order valence-corrected chi connectivity index (χ4v) is 14.2. The van der Waals surface area contributed by atoms with Crippen LogP contribution in [0.3, 0.4) is 0 Å². The number of methoxy groups -OCH3 is 1. The van der Waals surface area contributed by atoms with Gasteiger partial charge in [0.1, 0.15) is 71.4 Å². The van der Waals surface area contributed by atoms with Gasteiger partial charge in [-0.15, -0.1) is 6.42 Å². The van der Waals surface area contributed by atoms with Crippen LogP contribution in [0.15, 0.2) is 200 Å². The summed E-state index contributed by atoms with van der Waals surface area (Å²) in [4.78, 5) is 34.0. The Labute approximate surface area is 693 Å². The van der Waals surface area contributed by atoms with Gasteiger partial charge in [-0.1, -0.05) is 215 Å². The van der Waals surface area contributed by atoms with Crippen LogP contribution in [-0.2, 0) is 24.6 Å². The molecule has 3 saturated carbocycles. The summed E-state index contributed by atoms with van der Waals surface area (Å²) in [5.74, 6) is 18.6. The van der Waals surface area contributed by atoms with E-state index in [1.54, 1.807) is 140 Å². The van der Waals surface area contributed by atoms with Gasteiger partial charge in [0, 0.05) is 96.9 Å². The number of rotatable bonds is 19. The minimum absolute atomic E-state index is 0.0841. The number of benzene rings is 9. The molecule has 0 atom stereocenters. The lowest BCUT2D eigenvalue weighted by Crippen LogP contribution is -2.00. The van der Waals surface area contributed by atoms with E-state index in [1.165, 1.54) is 19.2 Å². The van der Waals surface area contributed by atoms with Crippen molar-refractivity contribution in [2.75, 3.05) is 7.11 Å². The number of ether oxygens (including phenoxy) is 4. The number of carboxylic acids is 1. The maximum atomic E-state index is 12.0. The number of carbonyl (C=O) groups excluding carboxylic acids is 2. The molecular formula is C87H61BrCl9N3O11. The number of aromatic carboxylic acids is 1. The summed E-state index contributed by atoms with van der Waals surface area (Å²) in [6.07, 6.45) is 12.2. The van der Waals surface area contributed by atoms with Gasteiger partial charge < -0.3 is 37.6 Å². The molecule has 1 N–H and O–H groups in total. The third kappa shape index (κ3) is 20.8. The van der Waals surface area contributed by atoms with E-state index >= 15 is 0 Å². The highest BCUT2D eigenvalue weighted by Crippen LogP contribution is 2.50. The Bertz CT molecular complexity index is 5620. The van der Waals surface area contributed by atoms with Crippen LogP contribution >= 0.6 is 120 Å². The largest absolute Gasteiger partial charge is 0.489 e. The van der Waals surface area contributed by atoms with Crippen LogP contribution in [0.25, 0.3) is 33.8 Å². The van der Waals surface area contributed by atoms with Crippen LogP contribution in [0.2, 0.25) is 45.2 Å². The summed E-state index contributed by atoms with van der Waals surface area (Å²) in [5, 5.41) is 26.3. The second-order valence-corrected chi connectivity index (χ2v) is 30.0. The van der Waals surface area contributed by atoms with E-state index in [1.807, 2.05) is 37.3 Å². The molecule has 111 heavy (non-hydrogen) atoms. The Balaban J connectivity index is 0.000000146. The number of hydrogen-bond donors (Lipinski definition) is 1. The normalized spacial score (nSPS) is 12.5. The first-order valence-corrected chi connectivity index (χ1v) is 38.7. The van der Waals surface area contributed by atoms with Gasteiger partial charge in [-0.05, 0) is 160 Å². The van der Waals surface area contributed by atoms with E-state index in [-0.39, 0.29) is 37.1 Å². The zero-order chi connectivity index (χ0) is 78.4. The Morgan fingerprint density at radius 3 is 1.12 bits per heavy atom. The highest BCUT2D eigenvalue weighted by molar-refractivity contribution is 9.10. The molecule has 0 radical (unpaired) electrons. The van der Waals surface area contributed by atoms with Crippen molar-refractivity contribution in [3.05, 3.63) is 310 Å². The average Bonchev–Trinajstić information content (AvgIpc) is 1.64. The second kappa shape index (κ2) is 37.6. The SMILES string of the molecule is C#Cc1ccc(OCc2c(-c3c(Cl)cccc3Cl)noc2C2CC2)cc1Cl.CCC(=O)c1cccc(C#Cc2ccc(OCc3c(-c4c(Cl)cccc4Cl)noc3C3CC3)cc2Cl)c1.COC(=O)c1cccc(Br)c1.O=C(O)c1cccc(C#Cc2ccc(OCc3c(-c4c(Cl)cccc4Cl)noc3C3CC3)cc2Cl)c1. The summed E-state index contributed by atoms with van der Waals surface area (Å²) < 4.78 is 40.6. The number of esters is 1. The quantitative estimate of drug-likeness (QED) is 0.0458. The molecule has 0 bridgehead atoms. The van der Waals surface area contributed by atoms with Crippen LogP contribution in [0, 0.1) is 36.0 Å². The molecule has 3 aliphatic rings. The van der Waals surface area contributed by atoms with Gasteiger partial charge in [0.05, 0.1) is 80.1 Å². The number of halogens is 10. The maximum absolute atomic E-state index is 12.0. The first-order chi connectivity index (χ1) is 53.7. The second-order valence-electron chi connectivity index (χ2n) is 25.4. The number of carbonyl (C=O) groups is 3. The van der Waals surface area contributed by atoms with Crippen molar-refractivity contribution in [2.45, 2.75) is 89.4 Å². The highest BCUT2D eigenvalue weighted by Gasteiger charge is 2.37. The monoisotopic (exact) mass is 1720 g/mol. The number of aromatic nitrogens is 3. The van der Waals surface area contributed by atoms with Gasteiger partial charge >= 0.3 is 11.9 Å². The van der Waals surface area contributed by atoms with Crippen molar-refractivity contribution >= 4 is 138 Å². The van der Waals surface area contributed by atoms with Crippen LogP contribution in [0.1, 0.15) is 162 Å². The summed E-state index contributed by atoms with van der Waals surface area (Å²) >= 11 is 60.9. The first kappa shape index (κ1) is 80.9. The summed E-state index contributed by atoms with van der Waals surface area (Å²) in [6, 6.07) is 52.6. The number of hydrogen-bond acceptors (Lipinski definition) is 13. The van der Waals surface area contributed by atoms with Gasteiger partial charge in [-0.2, -0.15) is 0 Å². The topological polar surface area (TPSA) is 186 Å². The van der Waals surface area contributed by atoms with Crippen LogP contribution in [-0.4, -0.2) is 45.4 Å². The molecule has 0 unspecified atom stereocenters. The van der Waals surface area contributed by atoms with Gasteiger partial charge in [0.2, 0.25) is 0 Å². The lowest BCUT2D eigenvalue weighted by atomic mass is 10.0. The molecule has 0 amide bonds. The Hall–Kier alpha value is -9.61. The molecule has 3 aliphatic carbocycles. The fraction of sp³-hybridized carbons (Fsp3) is 0.172. The molecule has 3 fully saturated rings. The van der Waals surface area contributed by atoms with E-state index in [4.69, 9.17) is 144 Å². The van der Waals surface area contributed by atoms with Crippen LogP contribution < -0.4 is 14.2 Å². The molecule has 14 nitrogen and oxygen atoms in total. The molecule has 560 valence electrons. The molecule has 24 heteroatoms. The smallest absolute Gasteiger partial charge is 0.337 e. The van der Waals surface area contributed by atoms with E-state index in [2.05, 4.69) is 65.7 Å². The maximum Gasteiger partial charge on any atom is 0.337 e. The van der Waals surface area contributed by atoms with Gasteiger partial charge in [0.15, 0.2) is 5.78 Å². The summed E-state index contributed by atoms with van der Waals surface area (Å²) in [7, 11) is 1.36. The molecule has 3 aromatic heterocycles. The predicted molar refractivity (Wildman–Crippen MR) is 439 cm³/mol. The predicted octanol–water partition coefficient (Wildman–Crippen LogP) is 25.6. The minimum Gasteiger partial charge on any atom is -0.489 e. The van der Waals surface area contributed by atoms with Crippen molar-refractivity contribution in [3.8, 4) is 87.0 Å². The summed E-state index contributed by atoms with van der Waals surface area (Å²) in [6.45, 7) is 2.53. The number of carboxylic acid groups (broad SMARTS) is 1. The lowest BCUT2D eigenvalue weighted by molar-refractivity contribution is 0.0599. The standard InChI is InChI=1S/C30H22Cl3NO3.C28H18Cl3NO4.C21H14Cl3NO2.C8H7BrO2/c1-2-27(35)21-6-3-5-18(15-21)9-10-19-13-14-22(16-26(19)33)36-17-23-29(34-37-30(23)20-11-12-20)28-24(31)7-4-8-25(28)32;29-22-5-2-6-23(30)25(22)26-21(27(36-32-26)18-9-10-18)15-35-20-12-11-17(24(31)14-20)8-7-16-3-1-4-19(13-16)28(33)34;1-2-12-8-9-14(10-18(12)24)26-11-15-20(25-27-21(15)13-6-7-13)19-16(22)4-3-5-17(19)23;1-11-8(10)6-3-2-4-7(9)5-6/h3-8,13-16,20H,2,11-12,17H2,1H3;1-6,11-14,18H,9-10,15H2,(H,33,34);1,3-5,8-10,13H,6-7,11H2;2-5H,1H3. The Morgan fingerprint density at radius 1 is 0.441 bits per heavy atom. The minimum atomic E-state index is -1.00. The molecule has 3 heterocycles. The third-order valence-electron chi connectivity index (χ3n) is 17.6. The van der Waals surface area contributed by atoms with E-state index in [0.29, 0.717) is 154 Å².